The van der Waals surface area contributed by atoms with Gasteiger partial charge in [-0.2, -0.15) is 0 Å². The Balaban J connectivity index is 1.91. The minimum atomic E-state index is -4.84. The quantitative estimate of drug-likeness (QED) is 0.170. The van der Waals surface area contributed by atoms with Crippen molar-refractivity contribution in [2.45, 2.75) is 32.9 Å². The largest absolute Gasteiger partial charge is 0.469 e. The second-order valence-corrected chi connectivity index (χ2v) is 11.2. The van der Waals surface area contributed by atoms with Crippen LogP contribution in [0.4, 0.5) is 5.82 Å². The highest BCUT2D eigenvalue weighted by molar-refractivity contribution is 14.1. The van der Waals surface area contributed by atoms with Crippen molar-refractivity contribution >= 4 is 55.2 Å². The Bertz CT molecular complexity index is 1060. The van der Waals surface area contributed by atoms with Gasteiger partial charge in [-0.25, -0.2) is 24.1 Å². The maximum atomic E-state index is 11.5. The number of halogens is 1. The molecule has 0 radical (unpaired) electrons. The summed E-state index contributed by atoms with van der Waals surface area (Å²) >= 11 is 2.00. The van der Waals surface area contributed by atoms with Gasteiger partial charge < -0.3 is 29.5 Å². The molecule has 31 heavy (non-hydrogen) atoms. The van der Waals surface area contributed by atoms with E-state index in [9.17, 15) is 18.9 Å². The third-order valence-corrected chi connectivity index (χ3v) is 7.39. The number of aromatic nitrogens is 4. The van der Waals surface area contributed by atoms with Crippen LogP contribution < -0.4 is 5.32 Å². The molecule has 0 bridgehead atoms. The van der Waals surface area contributed by atoms with Gasteiger partial charge in [0.2, 0.25) is 0 Å². The minimum Gasteiger partial charge on any atom is -0.371 e. The van der Waals surface area contributed by atoms with E-state index in [-0.39, 0.29) is 18.3 Å². The topological polar surface area (TPSA) is 189 Å². The third kappa shape index (κ3) is 5.63. The Morgan fingerprint density at radius 3 is 2.55 bits per heavy atom. The van der Waals surface area contributed by atoms with Crippen molar-refractivity contribution in [2.24, 2.45) is 17.3 Å². The van der Waals surface area contributed by atoms with Crippen LogP contribution in [-0.4, -0.2) is 58.9 Å². The van der Waals surface area contributed by atoms with E-state index in [4.69, 9.17) is 18.8 Å². The van der Waals surface area contributed by atoms with Crippen LogP contribution >= 0.6 is 38.2 Å². The summed E-state index contributed by atoms with van der Waals surface area (Å²) in [6.07, 6.45) is 0.884. The number of phosphoric acid groups is 2. The lowest BCUT2D eigenvalue weighted by molar-refractivity contribution is -0.00425. The van der Waals surface area contributed by atoms with Gasteiger partial charge in [-0.15, -0.1) is 0 Å². The fourth-order valence-electron chi connectivity index (χ4n) is 4.07. The van der Waals surface area contributed by atoms with Crippen molar-refractivity contribution in [3.63, 3.8) is 0 Å². The van der Waals surface area contributed by atoms with E-state index >= 15 is 0 Å². The Morgan fingerprint density at radius 1 is 1.29 bits per heavy atom. The Morgan fingerprint density at radius 2 is 1.97 bits per heavy atom. The first-order valence-electron chi connectivity index (χ1n) is 9.23. The van der Waals surface area contributed by atoms with Crippen LogP contribution in [-0.2, 0) is 24.7 Å². The highest BCUT2D eigenvalue weighted by Gasteiger charge is 2.53. The SMILES string of the molecule is CNc1nc(I)nc2c1ncn2CC1C[C@H](OP(=O)(O)O)[C@@](C)(COP(=O)(O)O)[C@@H]1C. The van der Waals surface area contributed by atoms with Crippen molar-refractivity contribution in [3.8, 4) is 0 Å². The van der Waals surface area contributed by atoms with Crippen LogP contribution in [0.3, 0.4) is 0 Å². The maximum absolute atomic E-state index is 11.5. The number of nitrogens with one attached hydrogen (secondary N) is 1. The van der Waals surface area contributed by atoms with Crippen molar-refractivity contribution in [3.05, 3.63) is 10.2 Å². The first-order valence-corrected chi connectivity index (χ1v) is 13.4. The molecule has 0 aromatic carbocycles. The molecule has 0 aliphatic heterocycles. The lowest BCUT2D eigenvalue weighted by Gasteiger charge is -2.35. The zero-order valence-electron chi connectivity index (χ0n) is 16.9. The molecule has 4 atom stereocenters. The average molecular weight is 591 g/mol. The molecule has 1 aliphatic carbocycles. The first-order chi connectivity index (χ1) is 14.2. The number of imidazole rings is 1. The van der Waals surface area contributed by atoms with Crippen LogP contribution in [0.25, 0.3) is 11.2 Å². The predicted octanol–water partition coefficient (Wildman–Crippen LogP) is 1.72. The molecular formula is C15H24IN5O8P2. The van der Waals surface area contributed by atoms with Crippen molar-refractivity contribution in [1.29, 1.82) is 0 Å². The lowest BCUT2D eigenvalue weighted by Crippen LogP contribution is -2.38. The summed E-state index contributed by atoms with van der Waals surface area (Å²) in [4.78, 5) is 50.1. The normalized spacial score (nSPS) is 27.2. The molecule has 3 rings (SSSR count). The molecule has 16 heteroatoms. The van der Waals surface area contributed by atoms with Gasteiger partial charge >= 0.3 is 15.6 Å². The monoisotopic (exact) mass is 591 g/mol. The van der Waals surface area contributed by atoms with Crippen molar-refractivity contribution in [1.82, 2.24) is 19.5 Å². The van der Waals surface area contributed by atoms with Crippen LogP contribution in [0.5, 0.6) is 0 Å². The third-order valence-electron chi connectivity index (χ3n) is 5.91. The van der Waals surface area contributed by atoms with E-state index in [2.05, 4.69) is 20.3 Å². The summed E-state index contributed by atoms with van der Waals surface area (Å²) in [5, 5.41) is 2.97. The van der Waals surface area contributed by atoms with Gasteiger partial charge in [-0.1, -0.05) is 13.8 Å². The van der Waals surface area contributed by atoms with Gasteiger partial charge in [-0.3, -0.25) is 9.05 Å². The number of fused-ring (bicyclic) bond motifs is 1. The highest BCUT2D eigenvalue weighted by atomic mass is 127. The first kappa shape index (κ1) is 24.9. The van der Waals surface area contributed by atoms with Crippen LogP contribution in [0, 0.1) is 21.1 Å². The van der Waals surface area contributed by atoms with E-state index in [1.54, 1.807) is 20.3 Å². The van der Waals surface area contributed by atoms with Crippen LogP contribution in [0.2, 0.25) is 0 Å². The summed E-state index contributed by atoms with van der Waals surface area (Å²) < 4.78 is 34.9. The molecule has 2 heterocycles. The standard InChI is InChI=1S/C15H24IN5O8P2/c1-8-9(5-21-7-18-11-12(17-3)19-14(16)20-13(11)21)4-10(29-31(25,26)27)15(8,2)6-28-30(22,23)24/h7-10H,4-6H2,1-3H3,(H,17,19,20)(H2,22,23,24)(H2,25,26,27)/t8-,9?,10+,15+/m1/s1. The average Bonchev–Trinajstić information content (AvgIpc) is 3.13. The molecule has 1 saturated carbocycles. The Kier molecular flexibility index (Phi) is 7.17. The molecule has 13 nitrogen and oxygen atoms in total. The smallest absolute Gasteiger partial charge is 0.371 e. The molecule has 0 amide bonds. The minimum absolute atomic E-state index is 0.162. The summed E-state index contributed by atoms with van der Waals surface area (Å²) in [5.41, 5.74) is 0.135. The summed E-state index contributed by atoms with van der Waals surface area (Å²) in [6.45, 7) is 3.46. The van der Waals surface area contributed by atoms with Crippen LogP contribution in [0.15, 0.2) is 6.33 Å². The molecule has 5 N–H and O–H groups in total. The fraction of sp³-hybridized carbons (Fsp3) is 0.667. The fourth-order valence-corrected chi connectivity index (χ4v) is 5.64. The molecule has 0 spiro atoms. The summed E-state index contributed by atoms with van der Waals surface area (Å²) in [6, 6.07) is 0. The van der Waals surface area contributed by atoms with Gasteiger partial charge in [-0.05, 0) is 18.3 Å². The number of anilines is 1. The van der Waals surface area contributed by atoms with Crippen LogP contribution in [0.1, 0.15) is 20.3 Å². The lowest BCUT2D eigenvalue weighted by atomic mass is 9.78. The van der Waals surface area contributed by atoms with E-state index < -0.39 is 33.8 Å². The van der Waals surface area contributed by atoms with Gasteiger partial charge in [0.15, 0.2) is 15.3 Å². The maximum Gasteiger partial charge on any atom is 0.469 e. The summed E-state index contributed by atoms with van der Waals surface area (Å²) in [5.74, 6) is 0.151. The van der Waals surface area contributed by atoms with Gasteiger partial charge in [0.05, 0.1) is 19.0 Å². The second kappa shape index (κ2) is 8.92. The Labute approximate surface area is 191 Å². The van der Waals surface area contributed by atoms with E-state index in [0.29, 0.717) is 27.4 Å². The number of phosphoric ester groups is 2. The van der Waals surface area contributed by atoms with Crippen molar-refractivity contribution < 1.29 is 37.8 Å². The molecule has 1 fully saturated rings. The molecule has 2 aromatic heterocycles. The highest BCUT2D eigenvalue weighted by Crippen LogP contribution is 2.55. The summed E-state index contributed by atoms with van der Waals surface area (Å²) in [7, 11) is -7.89. The molecule has 174 valence electrons. The predicted molar refractivity (Wildman–Crippen MR) is 118 cm³/mol. The molecule has 0 saturated heterocycles. The molecule has 2 aromatic rings. The van der Waals surface area contributed by atoms with Crippen molar-refractivity contribution in [2.75, 3.05) is 19.0 Å². The van der Waals surface area contributed by atoms with E-state index in [0.717, 1.165) is 0 Å². The molecule has 1 unspecified atom stereocenters. The van der Waals surface area contributed by atoms with Gasteiger partial charge in [0.25, 0.3) is 0 Å². The number of hydrogen-bond donors (Lipinski definition) is 5. The molecular weight excluding hydrogens is 567 g/mol. The zero-order chi connectivity index (χ0) is 23.2. The number of hydrogen-bond acceptors (Lipinski definition) is 8. The molecule has 1 aliphatic rings. The van der Waals surface area contributed by atoms with E-state index in [1.807, 2.05) is 34.1 Å². The second-order valence-electron chi connectivity index (χ2n) is 7.80. The van der Waals surface area contributed by atoms with E-state index in [1.165, 1.54) is 0 Å². The van der Waals surface area contributed by atoms with Gasteiger partial charge in [0, 0.05) is 41.6 Å². The number of nitrogens with zero attached hydrogens (tertiary/aromatic N) is 4. The number of rotatable bonds is 8. The van der Waals surface area contributed by atoms with Gasteiger partial charge in [0.1, 0.15) is 5.52 Å². The zero-order valence-corrected chi connectivity index (χ0v) is 20.9. The Hall–Kier alpha value is -0.700.